The zero-order valence-corrected chi connectivity index (χ0v) is 12.0. The van der Waals surface area contributed by atoms with E-state index in [1.807, 2.05) is 25.1 Å². The summed E-state index contributed by atoms with van der Waals surface area (Å²) in [6.45, 7) is 3.69. The van der Waals surface area contributed by atoms with Gasteiger partial charge in [-0.2, -0.15) is 0 Å². The van der Waals surface area contributed by atoms with E-state index in [1.165, 1.54) is 0 Å². The second-order valence-electron chi connectivity index (χ2n) is 5.48. The number of carbonyl (C=O) groups is 1. The summed E-state index contributed by atoms with van der Waals surface area (Å²) in [5.74, 6) is 2.71. The SMILES string of the molecule is C#CCC(C)NC(=O)C1(c2ccccc2)CCNCC1. The summed E-state index contributed by atoms with van der Waals surface area (Å²) in [7, 11) is 0. The summed E-state index contributed by atoms with van der Waals surface area (Å²) in [6, 6.07) is 10.1. The van der Waals surface area contributed by atoms with Gasteiger partial charge in [0.2, 0.25) is 5.91 Å². The third-order valence-electron chi connectivity index (χ3n) is 4.02. The zero-order chi connectivity index (χ0) is 14.4. The number of amides is 1. The Labute approximate surface area is 121 Å². The fourth-order valence-electron chi connectivity index (χ4n) is 2.85. The number of nitrogens with one attached hydrogen (secondary N) is 2. The molecule has 1 aromatic carbocycles. The molecule has 106 valence electrons. The molecule has 0 spiro atoms. The topological polar surface area (TPSA) is 41.1 Å². The van der Waals surface area contributed by atoms with Gasteiger partial charge in [-0.05, 0) is 38.4 Å². The highest BCUT2D eigenvalue weighted by molar-refractivity contribution is 5.88. The molecule has 0 bridgehead atoms. The first kappa shape index (κ1) is 14.6. The summed E-state index contributed by atoms with van der Waals surface area (Å²) in [5.41, 5.74) is 0.682. The molecule has 3 heteroatoms. The highest BCUT2D eigenvalue weighted by Gasteiger charge is 2.41. The van der Waals surface area contributed by atoms with Crippen molar-refractivity contribution in [3.63, 3.8) is 0 Å². The van der Waals surface area contributed by atoms with Gasteiger partial charge in [-0.1, -0.05) is 30.3 Å². The van der Waals surface area contributed by atoms with Crippen molar-refractivity contribution in [1.29, 1.82) is 0 Å². The van der Waals surface area contributed by atoms with Crippen LogP contribution in [-0.4, -0.2) is 25.0 Å². The van der Waals surface area contributed by atoms with Crippen LogP contribution >= 0.6 is 0 Å². The van der Waals surface area contributed by atoms with Crippen LogP contribution in [0, 0.1) is 12.3 Å². The molecule has 20 heavy (non-hydrogen) atoms. The standard InChI is InChI=1S/C17H22N2O/c1-3-7-14(2)19-16(20)17(10-12-18-13-11-17)15-8-5-4-6-9-15/h1,4-6,8-9,14,18H,7,10-13H2,2H3,(H,19,20). The van der Waals surface area contributed by atoms with Gasteiger partial charge in [0.05, 0.1) is 5.41 Å². The second kappa shape index (κ2) is 6.58. The molecule has 0 radical (unpaired) electrons. The van der Waals surface area contributed by atoms with Gasteiger partial charge in [0.25, 0.3) is 0 Å². The summed E-state index contributed by atoms with van der Waals surface area (Å²) in [4.78, 5) is 12.8. The van der Waals surface area contributed by atoms with Crippen LogP contribution in [0.25, 0.3) is 0 Å². The Bertz CT molecular complexity index is 483. The van der Waals surface area contributed by atoms with Crippen LogP contribution in [0.2, 0.25) is 0 Å². The Morgan fingerprint density at radius 1 is 1.40 bits per heavy atom. The Balaban J connectivity index is 2.24. The van der Waals surface area contributed by atoms with E-state index in [0.29, 0.717) is 6.42 Å². The maximum atomic E-state index is 12.8. The van der Waals surface area contributed by atoms with Gasteiger partial charge in [0, 0.05) is 12.5 Å². The van der Waals surface area contributed by atoms with E-state index in [2.05, 4.69) is 28.7 Å². The zero-order valence-electron chi connectivity index (χ0n) is 12.0. The molecule has 1 fully saturated rings. The Kier molecular flexibility index (Phi) is 4.81. The monoisotopic (exact) mass is 270 g/mol. The van der Waals surface area contributed by atoms with Crippen LogP contribution in [0.3, 0.4) is 0 Å². The maximum absolute atomic E-state index is 12.8. The third kappa shape index (κ3) is 3.02. The summed E-state index contributed by atoms with van der Waals surface area (Å²) >= 11 is 0. The van der Waals surface area contributed by atoms with Crippen molar-refractivity contribution >= 4 is 5.91 Å². The quantitative estimate of drug-likeness (QED) is 0.820. The van der Waals surface area contributed by atoms with Gasteiger partial charge >= 0.3 is 0 Å². The second-order valence-corrected chi connectivity index (χ2v) is 5.48. The number of carbonyl (C=O) groups excluding carboxylic acids is 1. The first-order valence-electron chi connectivity index (χ1n) is 7.20. The smallest absolute Gasteiger partial charge is 0.230 e. The normalized spacial score (nSPS) is 18.8. The molecule has 1 aromatic rings. The van der Waals surface area contributed by atoms with Gasteiger partial charge < -0.3 is 10.6 Å². The Hall–Kier alpha value is -1.79. The highest BCUT2D eigenvalue weighted by Crippen LogP contribution is 2.33. The summed E-state index contributed by atoms with van der Waals surface area (Å²) < 4.78 is 0. The molecular weight excluding hydrogens is 248 g/mol. The van der Waals surface area contributed by atoms with Gasteiger partial charge in [0.15, 0.2) is 0 Å². The van der Waals surface area contributed by atoms with Gasteiger partial charge in [0.1, 0.15) is 0 Å². The lowest BCUT2D eigenvalue weighted by molar-refractivity contribution is -0.128. The van der Waals surface area contributed by atoms with E-state index in [-0.39, 0.29) is 11.9 Å². The van der Waals surface area contributed by atoms with Crippen LogP contribution in [0.4, 0.5) is 0 Å². The van der Waals surface area contributed by atoms with Gasteiger partial charge in [-0.25, -0.2) is 0 Å². The first-order chi connectivity index (χ1) is 9.69. The number of terminal acetylenes is 1. The third-order valence-corrected chi connectivity index (χ3v) is 4.02. The molecule has 2 rings (SSSR count). The predicted octanol–water partition coefficient (Wildman–Crippen LogP) is 1.84. The van der Waals surface area contributed by atoms with Crippen LogP contribution in [0.15, 0.2) is 30.3 Å². The molecular formula is C17H22N2O. The minimum Gasteiger partial charge on any atom is -0.352 e. The summed E-state index contributed by atoms with van der Waals surface area (Å²) in [6.07, 6.45) is 7.53. The van der Waals surface area contributed by atoms with E-state index in [4.69, 9.17) is 6.42 Å². The molecule has 1 aliphatic heterocycles. The number of hydrogen-bond acceptors (Lipinski definition) is 2. The fourth-order valence-corrected chi connectivity index (χ4v) is 2.85. The predicted molar refractivity (Wildman–Crippen MR) is 81.3 cm³/mol. The van der Waals surface area contributed by atoms with Gasteiger partial charge in [-0.3, -0.25) is 4.79 Å². The first-order valence-corrected chi connectivity index (χ1v) is 7.20. The van der Waals surface area contributed by atoms with E-state index >= 15 is 0 Å². The van der Waals surface area contributed by atoms with E-state index in [0.717, 1.165) is 31.5 Å². The molecule has 0 saturated carbocycles. The molecule has 0 aromatic heterocycles. The van der Waals surface area contributed by atoms with Crippen molar-refractivity contribution in [1.82, 2.24) is 10.6 Å². The maximum Gasteiger partial charge on any atom is 0.230 e. The Morgan fingerprint density at radius 2 is 2.05 bits per heavy atom. The van der Waals surface area contributed by atoms with Crippen molar-refractivity contribution in [2.75, 3.05) is 13.1 Å². The minimum absolute atomic E-state index is 0.0166. The number of benzene rings is 1. The molecule has 1 saturated heterocycles. The Morgan fingerprint density at radius 3 is 2.65 bits per heavy atom. The lowest BCUT2D eigenvalue weighted by Crippen LogP contribution is -2.52. The average molecular weight is 270 g/mol. The molecule has 1 heterocycles. The van der Waals surface area contributed by atoms with Crippen molar-refractivity contribution in [2.45, 2.75) is 37.6 Å². The summed E-state index contributed by atoms with van der Waals surface area (Å²) in [5, 5.41) is 6.41. The van der Waals surface area contributed by atoms with Crippen LogP contribution < -0.4 is 10.6 Å². The molecule has 1 aliphatic rings. The van der Waals surface area contributed by atoms with Crippen LogP contribution in [0.5, 0.6) is 0 Å². The average Bonchev–Trinajstić information content (AvgIpc) is 2.49. The van der Waals surface area contributed by atoms with Crippen molar-refractivity contribution in [2.24, 2.45) is 0 Å². The van der Waals surface area contributed by atoms with E-state index < -0.39 is 5.41 Å². The largest absolute Gasteiger partial charge is 0.352 e. The lowest BCUT2D eigenvalue weighted by Gasteiger charge is -2.37. The molecule has 1 unspecified atom stereocenters. The highest BCUT2D eigenvalue weighted by atomic mass is 16.2. The molecule has 3 nitrogen and oxygen atoms in total. The molecule has 0 aliphatic carbocycles. The van der Waals surface area contributed by atoms with Crippen molar-refractivity contribution in [3.05, 3.63) is 35.9 Å². The van der Waals surface area contributed by atoms with Crippen molar-refractivity contribution in [3.8, 4) is 12.3 Å². The molecule has 1 atom stereocenters. The van der Waals surface area contributed by atoms with Crippen LogP contribution in [-0.2, 0) is 10.2 Å². The fraction of sp³-hybridized carbons (Fsp3) is 0.471. The van der Waals surface area contributed by atoms with Gasteiger partial charge in [-0.15, -0.1) is 12.3 Å². The molecule has 2 N–H and O–H groups in total. The molecule has 1 amide bonds. The van der Waals surface area contributed by atoms with E-state index in [9.17, 15) is 4.79 Å². The van der Waals surface area contributed by atoms with E-state index in [1.54, 1.807) is 0 Å². The number of rotatable bonds is 4. The van der Waals surface area contributed by atoms with Crippen LogP contribution in [0.1, 0.15) is 31.7 Å². The van der Waals surface area contributed by atoms with Crippen molar-refractivity contribution < 1.29 is 4.79 Å². The number of hydrogen-bond donors (Lipinski definition) is 2. The lowest BCUT2D eigenvalue weighted by atomic mass is 9.72. The number of piperidine rings is 1. The minimum atomic E-state index is -0.421.